The van der Waals surface area contributed by atoms with Gasteiger partial charge in [0.25, 0.3) is 0 Å². The molecule has 27 nitrogen and oxygen atoms in total. The Morgan fingerprint density at radius 3 is 1.44 bits per heavy atom. The van der Waals surface area contributed by atoms with Gasteiger partial charge in [0.05, 0.1) is 116 Å². The van der Waals surface area contributed by atoms with Crippen LogP contribution in [0.15, 0.2) is 59.3 Å². The van der Waals surface area contributed by atoms with Gasteiger partial charge in [0.15, 0.2) is 16.1 Å². The summed E-state index contributed by atoms with van der Waals surface area (Å²) in [7, 11) is 22.1. The standard InChI is InChI=1S/C8H16O2.C8H14O2.C7H15NO.C7H11NO.C7H9NO.C7H14O2.C7H12O2.C6H9NO.C6H13NO.C6H12O3S.C6H12O2S.C6H12OS.C5H7BNO2/c1-8(9)5-3-7(10-2)4-6-8;1-10-8-4-2-3-7(9)5-6-8;1-8-5-3-7(9-2)4-6-8;1-5-4-7(9-3)6(2)8-5;1-9-6-7-4-2-3-5-8-7;2*1-9-7-4-2-6(8)3-5-7;1-5-6(8-2)3-4-7-5;1-8-6-2-4-7-5-3-6;1-9-6-2-4-10(7,8)5-3-6;1-8-6-2-4-9(7)5-3-6;1-7-6-2-4-8-5-3-6;1-9-5-2-4(6-8)3-7-5/h7,9H,3-6H2,1-2H3;8H,2-6H2,1H3;7H,3-6H2,1-2H3;4,8H,1-3H3;2-5H,6H2,1H3;6-8H,2-5H2,1H3;7H,2-5H2,1H3;3-4,7H,1-2H3;6-7H,2-5H2,1H3;6H,2-5H2,1H3;6H,2-5H2,1H3;6H,2-5H2,1H3;2-3,5,8H,1H3. The first-order chi connectivity index (χ1) is 56.1. The van der Waals surface area contributed by atoms with E-state index in [4.69, 9.17) is 71.7 Å². The number of hydrogen-bond acceptors (Lipinski definition) is 26. The molecule has 9 heterocycles. The number of aliphatic imine (C=N–C) groups is 1. The maximum absolute atomic E-state index is 10.9. The van der Waals surface area contributed by atoms with Gasteiger partial charge in [-0.2, -0.15) is 11.8 Å². The van der Waals surface area contributed by atoms with Crippen molar-refractivity contribution in [1.29, 1.82) is 0 Å². The van der Waals surface area contributed by atoms with Crippen LogP contribution in [-0.4, -0.2) is 306 Å². The van der Waals surface area contributed by atoms with Crippen LogP contribution in [-0.2, 0) is 88.9 Å². The number of hydrogen-bond donors (Lipinski definition) is 6. The van der Waals surface area contributed by atoms with Crippen molar-refractivity contribution in [2.75, 3.05) is 160 Å². The summed E-state index contributed by atoms with van der Waals surface area (Å²) in [4.78, 5) is 37.9. The average molecular weight is 1720 g/mol. The molecule has 4 saturated carbocycles. The van der Waals surface area contributed by atoms with E-state index in [-0.39, 0.29) is 18.4 Å². The molecule has 0 amide bonds. The Morgan fingerprint density at radius 2 is 1.04 bits per heavy atom. The van der Waals surface area contributed by atoms with E-state index in [1.54, 1.807) is 111 Å². The molecule has 13 rings (SSSR count). The number of H-pyrrole nitrogens is 2. The first-order valence-electron chi connectivity index (χ1n) is 41.9. The van der Waals surface area contributed by atoms with Gasteiger partial charge in [0.2, 0.25) is 0 Å². The van der Waals surface area contributed by atoms with E-state index in [1.807, 2.05) is 76.0 Å². The maximum Gasteiger partial charge on any atom is 0.328 e. The molecule has 0 aromatic carbocycles. The number of carbonyl (C=O) groups is 2. The van der Waals surface area contributed by atoms with Crippen molar-refractivity contribution in [2.24, 2.45) is 4.99 Å². The molecule has 6 aliphatic heterocycles. The summed E-state index contributed by atoms with van der Waals surface area (Å²) in [5.74, 6) is 7.49. The second-order valence-electron chi connectivity index (χ2n) is 30.5. The number of aryl methyl sites for hydroxylation is 3. The molecule has 2 atom stereocenters. The largest absolute Gasteiger partial charge is 0.495 e. The minimum Gasteiger partial charge on any atom is -0.495 e. The van der Waals surface area contributed by atoms with E-state index in [0.29, 0.717) is 96.8 Å². The number of methoxy groups -OCH3 is 13. The third kappa shape index (κ3) is 56.4. The summed E-state index contributed by atoms with van der Waals surface area (Å²) in [6.07, 6.45) is 36.3. The highest BCUT2D eigenvalue weighted by Crippen LogP contribution is 2.29. The third-order valence-corrected chi connectivity index (χ3v) is 25.5. The second kappa shape index (κ2) is 69.4. The van der Waals surface area contributed by atoms with E-state index < -0.39 is 26.2 Å². The van der Waals surface area contributed by atoms with E-state index in [2.05, 4.69) is 37.2 Å². The van der Waals surface area contributed by atoms with Crippen LogP contribution in [0.3, 0.4) is 0 Å². The van der Waals surface area contributed by atoms with Crippen molar-refractivity contribution in [1.82, 2.24) is 25.2 Å². The summed E-state index contributed by atoms with van der Waals surface area (Å²) in [6, 6.07) is 9.65. The number of aliphatic hydroxyl groups is 2. The molecule has 0 bridgehead atoms. The maximum atomic E-state index is 10.9. The number of aromatic amines is 2. The number of rotatable bonds is 15. The topological polar surface area (TPSA) is 338 Å². The summed E-state index contributed by atoms with van der Waals surface area (Å²) in [5, 5.41) is 30.3. The van der Waals surface area contributed by atoms with Crippen LogP contribution in [0, 0.1) is 20.8 Å². The molecule has 4 aliphatic carbocycles. The first-order valence-corrected chi connectivity index (χ1v) is 46.4. The van der Waals surface area contributed by atoms with Crippen molar-refractivity contribution in [3.05, 3.63) is 77.0 Å². The summed E-state index contributed by atoms with van der Waals surface area (Å²) >= 11 is 2.03. The van der Waals surface area contributed by atoms with Crippen molar-refractivity contribution >= 4 is 57.7 Å². The lowest BCUT2D eigenvalue weighted by Crippen LogP contribution is -2.33. The molecule has 3 aromatic rings. The van der Waals surface area contributed by atoms with Gasteiger partial charge in [0, 0.05) is 170 Å². The Kier molecular flexibility index (Phi) is 65.8. The van der Waals surface area contributed by atoms with Gasteiger partial charge < -0.3 is 97.0 Å². The number of carbonyl (C=O) groups excluding carboxylic acids is 2. The molecule has 10 aliphatic rings. The zero-order valence-electron chi connectivity index (χ0n) is 74.8. The highest BCUT2D eigenvalue weighted by molar-refractivity contribution is 7.99. The molecule has 3 aromatic heterocycles. The Balaban J connectivity index is 0.000000634. The molecule has 677 valence electrons. The number of ketones is 2. The van der Waals surface area contributed by atoms with Crippen molar-refractivity contribution < 1.29 is 99.0 Å². The van der Waals surface area contributed by atoms with Crippen molar-refractivity contribution in [3.63, 3.8) is 0 Å². The van der Waals surface area contributed by atoms with Crippen molar-refractivity contribution in [3.8, 4) is 11.5 Å². The number of likely N-dealkylation sites (tertiary alicyclic amines) is 1. The zero-order valence-corrected chi connectivity index (χ0v) is 77.2. The number of sulfone groups is 1. The fourth-order valence-electron chi connectivity index (χ4n) is 13.3. The van der Waals surface area contributed by atoms with Gasteiger partial charge in [0.1, 0.15) is 23.1 Å². The number of allylic oxidation sites excluding steroid dienone is 1. The number of pyridine rings is 1. The minimum atomic E-state index is -2.71. The normalized spacial score (nSPS) is 24.7. The van der Waals surface area contributed by atoms with Crippen LogP contribution in [0.4, 0.5) is 0 Å². The molecule has 2 unspecified atom stereocenters. The molecular formula is C86H156BN6O21S3. The number of Topliss-reactive ketones (excluding diaryl/α,β-unsaturated/α-hetero) is 2. The molecule has 6 N–H and O–H groups in total. The Labute approximate surface area is 712 Å². The smallest absolute Gasteiger partial charge is 0.328 e. The molecule has 1 radical (unpaired) electrons. The predicted octanol–water partition coefficient (Wildman–Crippen LogP) is 12.1. The lowest BCUT2D eigenvalue weighted by molar-refractivity contribution is -0.122. The lowest BCUT2D eigenvalue weighted by atomic mass is 9.85. The Hall–Kier alpha value is -4.07. The summed E-state index contributed by atoms with van der Waals surface area (Å²) < 4.78 is 98.4. The molecule has 0 spiro atoms. The van der Waals surface area contributed by atoms with Crippen LogP contribution in [0.5, 0.6) is 11.5 Å². The van der Waals surface area contributed by atoms with E-state index in [0.717, 1.165) is 188 Å². The van der Waals surface area contributed by atoms with Crippen LogP contribution >= 0.6 is 11.8 Å². The third-order valence-electron chi connectivity index (χ3n) is 21.4. The van der Waals surface area contributed by atoms with Crippen molar-refractivity contribution in [2.45, 2.75) is 281 Å². The van der Waals surface area contributed by atoms with Crippen LogP contribution in [0.2, 0.25) is 0 Å². The molecular weight excluding hydrogens is 1560 g/mol. The van der Waals surface area contributed by atoms with Gasteiger partial charge in [-0.3, -0.25) is 23.8 Å². The van der Waals surface area contributed by atoms with Crippen LogP contribution < -0.4 is 14.8 Å². The quantitative estimate of drug-likeness (QED) is 0.0608. The number of thioether (sulfide) groups is 1. The average Bonchev–Trinajstić information content (AvgIpc) is 1.79. The van der Waals surface area contributed by atoms with Gasteiger partial charge in [-0.1, -0.05) is 6.07 Å². The number of piperidine rings is 2. The lowest BCUT2D eigenvalue weighted by Gasteiger charge is -2.32. The van der Waals surface area contributed by atoms with Gasteiger partial charge in [-0.15, -0.1) is 0 Å². The highest BCUT2D eigenvalue weighted by Gasteiger charge is 2.29. The molecule has 31 heteroatoms. The molecule has 9 fully saturated rings. The molecule has 5 saturated heterocycles. The van der Waals surface area contributed by atoms with Gasteiger partial charge >= 0.3 is 7.48 Å². The number of nitrogens with zero attached hydrogens (tertiary/aromatic N) is 3. The predicted molar refractivity (Wildman–Crippen MR) is 472 cm³/mol. The first kappa shape index (κ1) is 111. The SMILES string of the molecule is COC1C=C([B]O)C=N1.COC1CCC(=O)CC1.COC1CCC(C)(O)CC1.COC1CCC(O)CC1.COC1CCCC(=O)CC1.COC1CCN(C)CC1.COC1CCNCC1.COC1CCS(=O)(=O)CC1.COC1CCS(=O)CC1.COC1CCSCC1.COCc1ccccn1.COc1cc(C)[nH]c1C.COc1cc[nH]c1C. The summed E-state index contributed by atoms with van der Waals surface area (Å²) in [5.41, 5.74) is 4.56. The second-order valence-corrected chi connectivity index (χ2v) is 35.7. The number of ether oxygens (including phenoxy) is 13. The Bertz CT molecular complexity index is 2980. The zero-order chi connectivity index (χ0) is 87.1. The van der Waals surface area contributed by atoms with E-state index in [1.165, 1.54) is 63.1 Å². The molecule has 117 heavy (non-hydrogen) atoms. The minimum absolute atomic E-state index is 0.0589. The number of aromatic nitrogens is 3. The van der Waals surface area contributed by atoms with E-state index in [9.17, 15) is 27.3 Å². The van der Waals surface area contributed by atoms with Crippen LogP contribution in [0.25, 0.3) is 0 Å². The Morgan fingerprint density at radius 1 is 0.573 bits per heavy atom. The van der Waals surface area contributed by atoms with E-state index >= 15 is 0 Å². The monoisotopic (exact) mass is 1720 g/mol. The van der Waals surface area contributed by atoms with Gasteiger partial charge in [-0.25, -0.2) is 8.42 Å². The summed E-state index contributed by atoms with van der Waals surface area (Å²) in [6.45, 7) is 13.1. The number of aliphatic hydroxyl groups excluding tert-OH is 1. The highest BCUT2D eigenvalue weighted by atomic mass is 32.2. The van der Waals surface area contributed by atoms with Gasteiger partial charge in [-0.05, 0) is 237 Å². The fourth-order valence-corrected chi connectivity index (χ4v) is 17.1. The fraction of sp³-hybridized carbons (Fsp3) is 0.791. The van der Waals surface area contributed by atoms with Crippen LogP contribution in [0.1, 0.15) is 203 Å². The number of nitrogens with one attached hydrogen (secondary N) is 3.